The van der Waals surface area contributed by atoms with Gasteiger partial charge in [0.15, 0.2) is 0 Å². The minimum Gasteiger partial charge on any atom is -0.449 e. The standard InChI is InChI=1S/C15H23N3O3/c16-14(20)21-10-15(8-2-1-3-9-15)12-6-4-11(5-7-12)13(19)18-17/h1-3,8,11-12H,4-7,9-10,17H2,(H2,16,20)(H,18,19). The van der Waals surface area contributed by atoms with Crippen molar-refractivity contribution in [1.29, 1.82) is 0 Å². The minimum absolute atomic E-state index is 0.0107. The number of carbonyl (C=O) groups is 2. The summed E-state index contributed by atoms with van der Waals surface area (Å²) in [6, 6.07) is 0. The lowest BCUT2D eigenvalue weighted by Crippen LogP contribution is -2.41. The van der Waals surface area contributed by atoms with Crippen LogP contribution in [-0.2, 0) is 9.53 Å². The van der Waals surface area contributed by atoms with Crippen LogP contribution in [0, 0.1) is 17.3 Å². The van der Waals surface area contributed by atoms with Gasteiger partial charge in [-0.2, -0.15) is 0 Å². The molecule has 0 aromatic heterocycles. The first kappa shape index (κ1) is 15.6. The molecule has 2 aliphatic rings. The second kappa shape index (κ2) is 6.76. The summed E-state index contributed by atoms with van der Waals surface area (Å²) in [5, 5.41) is 0. The van der Waals surface area contributed by atoms with E-state index in [2.05, 4.69) is 17.6 Å². The Morgan fingerprint density at radius 2 is 1.95 bits per heavy atom. The van der Waals surface area contributed by atoms with E-state index in [4.69, 9.17) is 16.3 Å². The summed E-state index contributed by atoms with van der Waals surface area (Å²) < 4.78 is 5.09. The fourth-order valence-electron chi connectivity index (χ4n) is 3.46. The van der Waals surface area contributed by atoms with E-state index in [9.17, 15) is 9.59 Å². The lowest BCUT2D eigenvalue weighted by molar-refractivity contribution is -0.126. The maximum atomic E-state index is 11.6. The Morgan fingerprint density at radius 1 is 1.24 bits per heavy atom. The van der Waals surface area contributed by atoms with E-state index >= 15 is 0 Å². The molecule has 1 saturated carbocycles. The molecule has 1 unspecified atom stereocenters. The number of nitrogens with one attached hydrogen (secondary N) is 1. The van der Waals surface area contributed by atoms with Gasteiger partial charge in [0.1, 0.15) is 6.61 Å². The van der Waals surface area contributed by atoms with Crippen molar-refractivity contribution in [2.45, 2.75) is 32.1 Å². The summed E-state index contributed by atoms with van der Waals surface area (Å²) in [5.41, 5.74) is 7.14. The quantitative estimate of drug-likeness (QED) is 0.413. The Bertz CT molecular complexity index is 453. The molecular formula is C15H23N3O3. The van der Waals surface area contributed by atoms with Crippen molar-refractivity contribution in [1.82, 2.24) is 5.43 Å². The molecule has 0 aromatic carbocycles. The monoisotopic (exact) mass is 293 g/mol. The van der Waals surface area contributed by atoms with Crippen LogP contribution < -0.4 is 17.0 Å². The first-order valence-electron chi connectivity index (χ1n) is 7.34. The largest absolute Gasteiger partial charge is 0.449 e. The first-order chi connectivity index (χ1) is 10.1. The molecule has 0 saturated heterocycles. The van der Waals surface area contributed by atoms with Crippen molar-refractivity contribution >= 4 is 12.0 Å². The lowest BCUT2D eigenvalue weighted by Gasteiger charge is -2.41. The second-order valence-corrected chi connectivity index (χ2v) is 5.89. The highest BCUT2D eigenvalue weighted by molar-refractivity contribution is 5.78. The molecule has 6 nitrogen and oxygen atoms in total. The number of nitrogens with two attached hydrogens (primary N) is 2. The summed E-state index contributed by atoms with van der Waals surface area (Å²) in [7, 11) is 0. The van der Waals surface area contributed by atoms with E-state index in [0.717, 1.165) is 32.1 Å². The summed E-state index contributed by atoms with van der Waals surface area (Å²) >= 11 is 0. The van der Waals surface area contributed by atoms with E-state index in [1.165, 1.54) is 0 Å². The molecule has 2 rings (SSSR count). The van der Waals surface area contributed by atoms with Gasteiger partial charge in [0.2, 0.25) is 5.91 Å². The fourth-order valence-corrected chi connectivity index (χ4v) is 3.46. The fraction of sp³-hybridized carbons (Fsp3) is 0.600. The van der Waals surface area contributed by atoms with Crippen LogP contribution in [0.2, 0.25) is 0 Å². The predicted molar refractivity (Wildman–Crippen MR) is 78.6 cm³/mol. The van der Waals surface area contributed by atoms with Crippen LogP contribution in [0.4, 0.5) is 4.79 Å². The first-order valence-corrected chi connectivity index (χ1v) is 7.34. The number of hydrazine groups is 1. The number of amides is 2. The maximum absolute atomic E-state index is 11.6. The zero-order valence-corrected chi connectivity index (χ0v) is 12.1. The number of ether oxygens (including phenoxy) is 1. The van der Waals surface area contributed by atoms with Crippen molar-refractivity contribution in [3.05, 3.63) is 24.3 Å². The summed E-state index contributed by atoms with van der Waals surface area (Å²) in [5.74, 6) is 5.47. The number of carbonyl (C=O) groups excluding carboxylic acids is 2. The van der Waals surface area contributed by atoms with E-state index in [1.54, 1.807) is 0 Å². The average molecular weight is 293 g/mol. The molecule has 1 atom stereocenters. The highest BCUT2D eigenvalue weighted by Gasteiger charge is 2.40. The topological polar surface area (TPSA) is 107 Å². The van der Waals surface area contributed by atoms with Crippen molar-refractivity contribution < 1.29 is 14.3 Å². The highest BCUT2D eigenvalue weighted by atomic mass is 16.5. The van der Waals surface area contributed by atoms with Crippen molar-refractivity contribution in [3.63, 3.8) is 0 Å². The number of hydrogen-bond acceptors (Lipinski definition) is 4. The van der Waals surface area contributed by atoms with Gasteiger partial charge in [0.25, 0.3) is 0 Å². The van der Waals surface area contributed by atoms with Gasteiger partial charge in [0, 0.05) is 11.3 Å². The molecule has 2 amide bonds. The van der Waals surface area contributed by atoms with Crippen molar-refractivity contribution in [3.8, 4) is 0 Å². The van der Waals surface area contributed by atoms with Gasteiger partial charge in [0.05, 0.1) is 0 Å². The van der Waals surface area contributed by atoms with E-state index < -0.39 is 6.09 Å². The number of primary amides is 1. The van der Waals surface area contributed by atoms with Gasteiger partial charge in [-0.25, -0.2) is 10.6 Å². The van der Waals surface area contributed by atoms with Gasteiger partial charge < -0.3 is 10.5 Å². The molecule has 0 radical (unpaired) electrons. The third kappa shape index (κ3) is 3.64. The maximum Gasteiger partial charge on any atom is 0.404 e. The normalized spacial score (nSPS) is 31.7. The Kier molecular flexibility index (Phi) is 5.01. The van der Waals surface area contributed by atoms with E-state index in [-0.39, 0.29) is 17.2 Å². The molecule has 0 spiro atoms. The van der Waals surface area contributed by atoms with Crippen LogP contribution in [0.3, 0.4) is 0 Å². The third-order valence-corrected chi connectivity index (χ3v) is 4.71. The number of hydrogen-bond donors (Lipinski definition) is 3. The van der Waals surface area contributed by atoms with Gasteiger partial charge in [-0.05, 0) is 38.0 Å². The Hall–Kier alpha value is -1.82. The number of allylic oxidation sites excluding steroid dienone is 3. The SMILES string of the molecule is NNC(=O)C1CCC(C2(COC(N)=O)C=CC=CC2)CC1. The molecule has 1 fully saturated rings. The average Bonchev–Trinajstić information content (AvgIpc) is 2.53. The number of rotatable bonds is 4. The summed E-state index contributed by atoms with van der Waals surface area (Å²) in [6.07, 6.45) is 11.7. The van der Waals surface area contributed by atoms with Crippen LogP contribution in [0.5, 0.6) is 0 Å². The predicted octanol–water partition coefficient (Wildman–Crippen LogP) is 1.38. The lowest BCUT2D eigenvalue weighted by atomic mass is 9.64. The summed E-state index contributed by atoms with van der Waals surface area (Å²) in [6.45, 7) is 0.293. The molecule has 0 aliphatic heterocycles. The Balaban J connectivity index is 2.02. The van der Waals surface area contributed by atoms with Crippen molar-refractivity contribution in [2.24, 2.45) is 28.8 Å². The molecule has 0 bridgehead atoms. The van der Waals surface area contributed by atoms with Crippen LogP contribution in [0.15, 0.2) is 24.3 Å². The Labute approximate surface area is 124 Å². The zero-order chi connectivity index (χ0) is 15.3. The van der Waals surface area contributed by atoms with Gasteiger partial charge in [-0.15, -0.1) is 0 Å². The van der Waals surface area contributed by atoms with Crippen LogP contribution >= 0.6 is 0 Å². The zero-order valence-electron chi connectivity index (χ0n) is 12.1. The smallest absolute Gasteiger partial charge is 0.404 e. The van der Waals surface area contributed by atoms with E-state index in [0.29, 0.717) is 12.5 Å². The van der Waals surface area contributed by atoms with Crippen LogP contribution in [-0.4, -0.2) is 18.6 Å². The van der Waals surface area contributed by atoms with E-state index in [1.807, 2.05) is 12.2 Å². The Morgan fingerprint density at radius 3 is 2.48 bits per heavy atom. The molecule has 0 heterocycles. The molecule has 0 aromatic rings. The van der Waals surface area contributed by atoms with Gasteiger partial charge >= 0.3 is 6.09 Å². The van der Waals surface area contributed by atoms with Crippen LogP contribution in [0.1, 0.15) is 32.1 Å². The minimum atomic E-state index is -0.742. The molecule has 2 aliphatic carbocycles. The second-order valence-electron chi connectivity index (χ2n) is 5.89. The molecule has 21 heavy (non-hydrogen) atoms. The van der Waals surface area contributed by atoms with Crippen molar-refractivity contribution in [2.75, 3.05) is 6.61 Å². The molecule has 5 N–H and O–H groups in total. The molecule has 116 valence electrons. The summed E-state index contributed by atoms with van der Waals surface area (Å²) in [4.78, 5) is 22.5. The van der Waals surface area contributed by atoms with Crippen LogP contribution in [0.25, 0.3) is 0 Å². The van der Waals surface area contributed by atoms with Gasteiger partial charge in [-0.3, -0.25) is 10.2 Å². The van der Waals surface area contributed by atoms with Gasteiger partial charge in [-0.1, -0.05) is 24.3 Å². The highest BCUT2D eigenvalue weighted by Crippen LogP contribution is 2.45. The third-order valence-electron chi connectivity index (χ3n) is 4.71. The molecule has 6 heteroatoms. The molecular weight excluding hydrogens is 270 g/mol.